The number of carbonyl (C=O) groups excluding carboxylic acids is 1. The van der Waals surface area contributed by atoms with Crippen LogP contribution in [0.5, 0.6) is 0 Å². The van der Waals surface area contributed by atoms with E-state index in [4.69, 9.17) is 17.3 Å². The van der Waals surface area contributed by atoms with Gasteiger partial charge >= 0.3 is 6.18 Å². The lowest BCUT2D eigenvalue weighted by molar-refractivity contribution is -0.137. The number of nitrogens with one attached hydrogen (secondary N) is 2. The molecule has 4 N–H and O–H groups in total. The number of halogens is 4. The van der Waals surface area contributed by atoms with Crippen LogP contribution in [0.2, 0.25) is 5.02 Å². The maximum absolute atomic E-state index is 12.9. The van der Waals surface area contributed by atoms with Gasteiger partial charge in [0.25, 0.3) is 5.91 Å². The number of rotatable bonds is 6. The zero-order valence-corrected chi connectivity index (χ0v) is 16.6. The molecule has 1 aromatic rings. The van der Waals surface area contributed by atoms with Crippen molar-refractivity contribution in [1.82, 2.24) is 10.6 Å². The number of nitrogens with two attached hydrogens (primary N) is 1. The second-order valence-electron chi connectivity index (χ2n) is 6.86. The van der Waals surface area contributed by atoms with Crippen LogP contribution in [0.3, 0.4) is 0 Å². The van der Waals surface area contributed by atoms with Crippen LogP contribution in [-0.4, -0.2) is 24.5 Å². The highest BCUT2D eigenvalue weighted by molar-refractivity contribution is 6.33. The molecule has 1 aliphatic carbocycles. The average molecular weight is 429 g/mol. The fourth-order valence-electron chi connectivity index (χ4n) is 3.13. The van der Waals surface area contributed by atoms with Crippen LogP contribution >= 0.6 is 11.6 Å². The van der Waals surface area contributed by atoms with Crippen molar-refractivity contribution in [3.63, 3.8) is 0 Å². The maximum Gasteiger partial charge on any atom is 0.416 e. The number of alkyl halides is 3. The molecule has 9 heteroatoms. The number of benzene rings is 1. The molecule has 0 bridgehead atoms. The second-order valence-corrected chi connectivity index (χ2v) is 7.26. The Morgan fingerprint density at radius 2 is 2.00 bits per heavy atom. The Morgan fingerprint density at radius 1 is 1.31 bits per heavy atom. The Labute approximate surface area is 172 Å². The summed E-state index contributed by atoms with van der Waals surface area (Å²) in [4.78, 5) is 16.4. The van der Waals surface area contributed by atoms with Gasteiger partial charge in [0, 0.05) is 18.8 Å². The number of allylic oxidation sites excluding steroid dienone is 2. The average Bonchev–Trinajstić information content (AvgIpc) is 2.67. The molecule has 29 heavy (non-hydrogen) atoms. The van der Waals surface area contributed by atoms with E-state index < -0.39 is 17.6 Å². The van der Waals surface area contributed by atoms with Gasteiger partial charge in [-0.25, -0.2) is 4.99 Å². The molecule has 1 saturated carbocycles. The number of nitrogens with zero attached hydrogens (tertiary/aromatic N) is 1. The smallest absolute Gasteiger partial charge is 0.370 e. The largest absolute Gasteiger partial charge is 0.416 e. The molecule has 1 amide bonds. The highest BCUT2D eigenvalue weighted by Crippen LogP contribution is 2.32. The van der Waals surface area contributed by atoms with Crippen molar-refractivity contribution in [2.45, 2.75) is 37.9 Å². The molecule has 1 aliphatic rings. The third kappa shape index (κ3) is 7.12. The highest BCUT2D eigenvalue weighted by atomic mass is 35.5. The monoisotopic (exact) mass is 428 g/mol. The summed E-state index contributed by atoms with van der Waals surface area (Å²) in [5, 5.41) is 5.84. The van der Waals surface area contributed by atoms with E-state index in [0.717, 1.165) is 43.9 Å². The zero-order chi connectivity index (χ0) is 21.4. The van der Waals surface area contributed by atoms with E-state index >= 15 is 0 Å². The van der Waals surface area contributed by atoms with Crippen LogP contribution in [0, 0.1) is 5.92 Å². The lowest BCUT2D eigenvalue weighted by Gasteiger charge is -2.29. The third-order valence-corrected chi connectivity index (χ3v) is 5.06. The number of hydrogen-bond donors (Lipinski definition) is 3. The van der Waals surface area contributed by atoms with Crippen molar-refractivity contribution in [3.8, 4) is 0 Å². The molecule has 0 saturated heterocycles. The standard InChI is InChI=1S/C20H24ClF3N4O/c1-2-3-10-26-19(25)27-12-13-4-7-15(8-5-13)28-18(29)16-11-14(20(22,23)24)6-9-17(16)21/h2-3,6,9-11,13,15H,1,4-5,7-8,12H2,(H,28,29)(H3,25,26,27)/b10-3-/t13-,15-. The number of carbonyl (C=O) groups is 1. The highest BCUT2D eigenvalue weighted by Gasteiger charge is 2.32. The van der Waals surface area contributed by atoms with Crippen LogP contribution in [0.25, 0.3) is 0 Å². The summed E-state index contributed by atoms with van der Waals surface area (Å²) in [5.41, 5.74) is 4.69. The topological polar surface area (TPSA) is 79.5 Å². The Kier molecular flexibility index (Phi) is 8.13. The summed E-state index contributed by atoms with van der Waals surface area (Å²) in [5.74, 6) is 0.100. The van der Waals surface area contributed by atoms with Gasteiger partial charge in [-0.3, -0.25) is 4.79 Å². The van der Waals surface area contributed by atoms with Crippen LogP contribution in [-0.2, 0) is 6.18 Å². The first-order valence-electron chi connectivity index (χ1n) is 9.23. The zero-order valence-electron chi connectivity index (χ0n) is 15.8. The summed E-state index contributed by atoms with van der Waals surface area (Å²) in [6, 6.07) is 2.64. The first-order valence-corrected chi connectivity index (χ1v) is 9.60. The van der Waals surface area contributed by atoms with E-state index in [1.807, 2.05) is 0 Å². The molecule has 0 heterocycles. The van der Waals surface area contributed by atoms with Crippen molar-refractivity contribution in [1.29, 1.82) is 0 Å². The fraction of sp³-hybridized carbons (Fsp3) is 0.400. The van der Waals surface area contributed by atoms with Crippen LogP contribution in [0.4, 0.5) is 13.2 Å². The van der Waals surface area contributed by atoms with Gasteiger partial charge in [-0.2, -0.15) is 13.2 Å². The van der Waals surface area contributed by atoms with Gasteiger partial charge in [0.05, 0.1) is 16.1 Å². The number of guanidine groups is 1. The Morgan fingerprint density at radius 3 is 2.62 bits per heavy atom. The second kappa shape index (κ2) is 10.3. The SMILES string of the molecule is C=C/C=C\N=C(/N)NC[C@H]1CC[C@H](NC(=O)c2cc(C(F)(F)F)ccc2Cl)CC1. The van der Waals surface area contributed by atoms with Crippen molar-refractivity contribution < 1.29 is 18.0 Å². The molecule has 0 spiro atoms. The minimum absolute atomic E-state index is 0.00588. The van der Waals surface area contributed by atoms with Crippen LogP contribution in [0.15, 0.2) is 48.1 Å². The minimum atomic E-state index is -4.53. The Bertz CT molecular complexity index is 784. The van der Waals surface area contributed by atoms with Gasteiger partial charge in [-0.05, 0) is 55.9 Å². The molecular formula is C20H24ClF3N4O. The lowest BCUT2D eigenvalue weighted by Crippen LogP contribution is -2.41. The molecule has 2 rings (SSSR count). The molecule has 0 atom stereocenters. The van der Waals surface area contributed by atoms with Crippen molar-refractivity contribution in [2.75, 3.05) is 6.54 Å². The lowest BCUT2D eigenvalue weighted by atomic mass is 9.86. The van der Waals surface area contributed by atoms with E-state index in [9.17, 15) is 18.0 Å². The summed E-state index contributed by atoms with van der Waals surface area (Å²) < 4.78 is 38.6. The Balaban J connectivity index is 1.85. The summed E-state index contributed by atoms with van der Waals surface area (Å²) in [7, 11) is 0. The van der Waals surface area contributed by atoms with Gasteiger partial charge in [0.2, 0.25) is 0 Å². The van der Waals surface area contributed by atoms with Gasteiger partial charge in [-0.15, -0.1) is 0 Å². The van der Waals surface area contributed by atoms with Crippen molar-refractivity contribution >= 4 is 23.5 Å². The molecule has 0 unspecified atom stereocenters. The summed E-state index contributed by atoms with van der Waals surface area (Å²) in [6.45, 7) is 4.20. The van der Waals surface area contributed by atoms with Gasteiger partial charge < -0.3 is 16.4 Å². The molecule has 0 aliphatic heterocycles. The molecule has 1 aromatic carbocycles. The predicted molar refractivity (Wildman–Crippen MR) is 109 cm³/mol. The molecule has 5 nitrogen and oxygen atoms in total. The third-order valence-electron chi connectivity index (χ3n) is 4.73. The number of amides is 1. The molecular weight excluding hydrogens is 405 g/mol. The molecule has 0 radical (unpaired) electrons. The van der Waals surface area contributed by atoms with Crippen LogP contribution in [0.1, 0.15) is 41.6 Å². The predicted octanol–water partition coefficient (Wildman–Crippen LogP) is 4.25. The van der Waals surface area contributed by atoms with Gasteiger partial charge in [0.15, 0.2) is 5.96 Å². The molecule has 158 valence electrons. The van der Waals surface area contributed by atoms with E-state index in [0.29, 0.717) is 18.4 Å². The number of hydrogen-bond acceptors (Lipinski definition) is 2. The van der Waals surface area contributed by atoms with E-state index in [1.54, 1.807) is 18.4 Å². The summed E-state index contributed by atoms with van der Waals surface area (Å²) >= 11 is 5.93. The van der Waals surface area contributed by atoms with E-state index in [1.165, 1.54) is 0 Å². The van der Waals surface area contributed by atoms with E-state index in [2.05, 4.69) is 22.2 Å². The first kappa shape index (κ1) is 22.8. The van der Waals surface area contributed by atoms with E-state index in [-0.39, 0.29) is 16.6 Å². The number of aliphatic imine (C=N–C) groups is 1. The summed E-state index contributed by atoms with van der Waals surface area (Å²) in [6.07, 6.45) is 3.42. The van der Waals surface area contributed by atoms with Crippen molar-refractivity contribution in [3.05, 3.63) is 59.3 Å². The van der Waals surface area contributed by atoms with Gasteiger partial charge in [0.1, 0.15) is 0 Å². The Hall–Kier alpha value is -2.48. The quantitative estimate of drug-likeness (QED) is 0.360. The van der Waals surface area contributed by atoms with Gasteiger partial charge in [-0.1, -0.05) is 24.3 Å². The molecule has 1 fully saturated rings. The van der Waals surface area contributed by atoms with Crippen molar-refractivity contribution in [2.24, 2.45) is 16.6 Å². The fourth-order valence-corrected chi connectivity index (χ4v) is 3.33. The first-order chi connectivity index (χ1) is 13.7. The normalized spacial score (nSPS) is 20.5. The van der Waals surface area contributed by atoms with Crippen LogP contribution < -0.4 is 16.4 Å². The minimum Gasteiger partial charge on any atom is -0.370 e. The maximum atomic E-state index is 12.9. The molecule has 0 aromatic heterocycles.